The van der Waals surface area contributed by atoms with E-state index in [1.807, 2.05) is 6.92 Å². The average Bonchev–Trinajstić information content (AvgIpc) is 1.87. The fourth-order valence-corrected chi connectivity index (χ4v) is 0.431. The van der Waals surface area contributed by atoms with Crippen molar-refractivity contribution in [3.8, 4) is 0 Å². The minimum absolute atomic E-state index is 0.650. The second-order valence-corrected chi connectivity index (χ2v) is 1.71. The first-order chi connectivity index (χ1) is 4.22. The zero-order valence-electron chi connectivity index (χ0n) is 5.81. The molecule has 0 bridgehead atoms. The summed E-state index contributed by atoms with van der Waals surface area (Å²) in [6.45, 7) is 1.88. The van der Waals surface area contributed by atoms with E-state index in [4.69, 9.17) is 11.5 Å². The number of rotatable bonds is 2. The van der Waals surface area contributed by atoms with E-state index in [2.05, 4.69) is 5.32 Å². The van der Waals surface area contributed by atoms with Gasteiger partial charge in [-0.2, -0.15) is 0 Å². The van der Waals surface area contributed by atoms with Crippen LogP contribution < -0.4 is 16.8 Å². The normalized spacial score (nSPS) is 13.6. The lowest BCUT2D eigenvalue weighted by atomic mass is 10.3. The molecule has 0 aliphatic carbocycles. The average molecular weight is 127 g/mol. The van der Waals surface area contributed by atoms with Crippen molar-refractivity contribution in [2.45, 2.75) is 6.92 Å². The summed E-state index contributed by atoms with van der Waals surface area (Å²) in [5.74, 6) is 0.650. The van der Waals surface area contributed by atoms with Crippen LogP contribution in [0.2, 0.25) is 0 Å². The second kappa shape index (κ2) is 3.83. The van der Waals surface area contributed by atoms with Gasteiger partial charge in [-0.1, -0.05) is 0 Å². The molecule has 0 aliphatic heterocycles. The Kier molecular flexibility index (Phi) is 3.35. The number of nitrogens with one attached hydrogen (secondary N) is 1. The largest absolute Gasteiger partial charge is 0.405 e. The van der Waals surface area contributed by atoms with Gasteiger partial charge in [-0.25, -0.2) is 0 Å². The van der Waals surface area contributed by atoms with Crippen LogP contribution in [0.15, 0.2) is 23.7 Å². The van der Waals surface area contributed by atoms with Gasteiger partial charge in [-0.15, -0.1) is 0 Å². The van der Waals surface area contributed by atoms with Crippen LogP contribution in [0, 0.1) is 0 Å². The third kappa shape index (κ3) is 2.64. The van der Waals surface area contributed by atoms with Crippen LogP contribution >= 0.6 is 0 Å². The van der Waals surface area contributed by atoms with E-state index < -0.39 is 0 Å². The minimum Gasteiger partial charge on any atom is -0.405 e. The Labute approximate surface area is 55.4 Å². The van der Waals surface area contributed by atoms with Crippen LogP contribution in [0.25, 0.3) is 0 Å². The van der Waals surface area contributed by atoms with E-state index in [-0.39, 0.29) is 0 Å². The molecule has 0 saturated carbocycles. The molecule has 0 atom stereocenters. The standard InChI is InChI=1S/C6H13N3/c1-5(3-4-7)6(8)9-2/h3-4,9H,7-8H2,1-2H3. The van der Waals surface area contributed by atoms with Gasteiger partial charge < -0.3 is 16.8 Å². The first-order valence-corrected chi connectivity index (χ1v) is 2.74. The summed E-state index contributed by atoms with van der Waals surface area (Å²) in [4.78, 5) is 0. The molecule has 52 valence electrons. The summed E-state index contributed by atoms with van der Waals surface area (Å²) in [7, 11) is 1.77. The predicted molar refractivity (Wildman–Crippen MR) is 39.3 cm³/mol. The molecule has 0 aromatic rings. The van der Waals surface area contributed by atoms with E-state index >= 15 is 0 Å². The third-order valence-corrected chi connectivity index (χ3v) is 1.04. The van der Waals surface area contributed by atoms with Gasteiger partial charge in [-0.3, -0.25) is 0 Å². The summed E-state index contributed by atoms with van der Waals surface area (Å²) in [6, 6.07) is 0. The Morgan fingerprint density at radius 2 is 2.11 bits per heavy atom. The topological polar surface area (TPSA) is 64.1 Å². The van der Waals surface area contributed by atoms with E-state index in [1.54, 1.807) is 13.1 Å². The molecule has 0 saturated heterocycles. The first kappa shape index (κ1) is 7.88. The van der Waals surface area contributed by atoms with Crippen molar-refractivity contribution in [1.82, 2.24) is 5.32 Å². The van der Waals surface area contributed by atoms with Gasteiger partial charge in [0.05, 0.1) is 5.82 Å². The molecule has 3 heteroatoms. The molecule has 0 aromatic carbocycles. The van der Waals surface area contributed by atoms with Crippen LogP contribution in [0.4, 0.5) is 0 Å². The molecule has 5 N–H and O–H groups in total. The van der Waals surface area contributed by atoms with E-state index in [0.29, 0.717) is 5.82 Å². The van der Waals surface area contributed by atoms with Crippen LogP contribution in [0.3, 0.4) is 0 Å². The Hall–Kier alpha value is -1.12. The molecule has 0 spiro atoms. The van der Waals surface area contributed by atoms with Gasteiger partial charge in [0, 0.05) is 7.05 Å². The quantitative estimate of drug-likeness (QED) is 0.453. The lowest BCUT2D eigenvalue weighted by molar-refractivity contribution is 0.944. The first-order valence-electron chi connectivity index (χ1n) is 2.74. The summed E-state index contributed by atoms with van der Waals surface area (Å²) < 4.78 is 0. The number of allylic oxidation sites excluding steroid dienone is 2. The van der Waals surface area contributed by atoms with E-state index in [0.717, 1.165) is 5.57 Å². The molecule has 0 unspecified atom stereocenters. The Bertz CT molecular complexity index is 135. The van der Waals surface area contributed by atoms with Crippen molar-refractivity contribution in [2.24, 2.45) is 11.5 Å². The maximum atomic E-state index is 5.46. The highest BCUT2D eigenvalue weighted by Gasteiger charge is 1.86. The second-order valence-electron chi connectivity index (χ2n) is 1.71. The Morgan fingerprint density at radius 3 is 2.44 bits per heavy atom. The van der Waals surface area contributed by atoms with Gasteiger partial charge in [0.25, 0.3) is 0 Å². The summed E-state index contributed by atoms with van der Waals surface area (Å²) in [5.41, 5.74) is 11.5. The maximum Gasteiger partial charge on any atom is 0.0988 e. The summed E-state index contributed by atoms with van der Waals surface area (Å²) in [5, 5.41) is 2.80. The number of hydrogen-bond donors (Lipinski definition) is 3. The van der Waals surface area contributed by atoms with Crippen molar-refractivity contribution in [1.29, 1.82) is 0 Å². The molecule has 0 heterocycles. The molecular formula is C6H13N3. The molecular weight excluding hydrogens is 114 g/mol. The monoisotopic (exact) mass is 127 g/mol. The van der Waals surface area contributed by atoms with Crippen LogP contribution in [-0.2, 0) is 0 Å². The molecule has 0 radical (unpaired) electrons. The number of nitrogens with two attached hydrogens (primary N) is 2. The fraction of sp³-hybridized carbons (Fsp3) is 0.333. The van der Waals surface area contributed by atoms with Gasteiger partial charge in [0.15, 0.2) is 0 Å². The summed E-state index contributed by atoms with van der Waals surface area (Å²) >= 11 is 0. The molecule has 3 nitrogen and oxygen atoms in total. The van der Waals surface area contributed by atoms with Crippen LogP contribution in [0.5, 0.6) is 0 Å². The molecule has 0 amide bonds. The highest BCUT2D eigenvalue weighted by molar-refractivity contribution is 5.19. The van der Waals surface area contributed by atoms with Crippen molar-refractivity contribution < 1.29 is 0 Å². The molecule has 0 fully saturated rings. The van der Waals surface area contributed by atoms with Crippen molar-refractivity contribution in [3.63, 3.8) is 0 Å². The SMILES string of the molecule is CNC(N)=C(C)C=CN. The fourth-order valence-electron chi connectivity index (χ4n) is 0.431. The Balaban J connectivity index is 4.10. The van der Waals surface area contributed by atoms with Gasteiger partial charge in [-0.05, 0) is 24.8 Å². The lowest BCUT2D eigenvalue weighted by Crippen LogP contribution is -2.16. The van der Waals surface area contributed by atoms with Crippen molar-refractivity contribution >= 4 is 0 Å². The molecule has 0 aliphatic rings. The molecule has 0 rings (SSSR count). The third-order valence-electron chi connectivity index (χ3n) is 1.04. The van der Waals surface area contributed by atoms with E-state index in [9.17, 15) is 0 Å². The molecule has 9 heavy (non-hydrogen) atoms. The Morgan fingerprint density at radius 1 is 1.56 bits per heavy atom. The zero-order chi connectivity index (χ0) is 7.28. The predicted octanol–water partition coefficient (Wildman–Crippen LogP) is -0.132. The smallest absolute Gasteiger partial charge is 0.0988 e. The molecule has 0 aromatic heterocycles. The van der Waals surface area contributed by atoms with Crippen molar-refractivity contribution in [3.05, 3.63) is 23.7 Å². The zero-order valence-corrected chi connectivity index (χ0v) is 5.81. The van der Waals surface area contributed by atoms with E-state index in [1.165, 1.54) is 6.20 Å². The van der Waals surface area contributed by atoms with Crippen molar-refractivity contribution in [2.75, 3.05) is 7.05 Å². The van der Waals surface area contributed by atoms with Gasteiger partial charge in [0.1, 0.15) is 0 Å². The van der Waals surface area contributed by atoms with Gasteiger partial charge in [0.2, 0.25) is 0 Å². The minimum atomic E-state index is 0.650. The highest BCUT2D eigenvalue weighted by Crippen LogP contribution is 1.93. The van der Waals surface area contributed by atoms with Gasteiger partial charge >= 0.3 is 0 Å². The van der Waals surface area contributed by atoms with Crippen LogP contribution in [0.1, 0.15) is 6.92 Å². The summed E-state index contributed by atoms with van der Waals surface area (Å²) in [6.07, 6.45) is 3.20. The van der Waals surface area contributed by atoms with Crippen LogP contribution in [-0.4, -0.2) is 7.05 Å². The highest BCUT2D eigenvalue weighted by atomic mass is 15.0. The maximum absolute atomic E-state index is 5.46. The lowest BCUT2D eigenvalue weighted by Gasteiger charge is -2.00. The number of hydrogen-bond acceptors (Lipinski definition) is 3.